The van der Waals surface area contributed by atoms with Gasteiger partial charge in [-0.2, -0.15) is 0 Å². The number of amides is 1. The number of likely N-dealkylation sites (tertiary alicyclic amines) is 1. The monoisotopic (exact) mass is 395 g/mol. The molecule has 1 N–H and O–H groups in total. The lowest BCUT2D eigenvalue weighted by molar-refractivity contribution is -0.138. The Morgan fingerprint density at radius 2 is 1.68 bits per heavy atom. The summed E-state index contributed by atoms with van der Waals surface area (Å²) in [6.07, 6.45) is 5.06. The van der Waals surface area contributed by atoms with Crippen molar-refractivity contribution >= 4 is 28.3 Å². The van der Waals surface area contributed by atoms with Crippen molar-refractivity contribution in [2.45, 2.75) is 45.4 Å². The zero-order chi connectivity index (χ0) is 17.6. The number of hydrogen-bond acceptors (Lipinski definition) is 4. The largest absolute Gasteiger partial charge is 0.342 e. The third kappa shape index (κ3) is 6.38. The van der Waals surface area contributed by atoms with Crippen molar-refractivity contribution in [3.63, 3.8) is 0 Å². The maximum Gasteiger partial charge on any atom is 0.225 e. The molecule has 0 unspecified atom stereocenters. The van der Waals surface area contributed by atoms with Gasteiger partial charge in [-0.3, -0.25) is 4.79 Å². The molecule has 0 bridgehead atoms. The summed E-state index contributed by atoms with van der Waals surface area (Å²) in [5.74, 6) is 1.15. The van der Waals surface area contributed by atoms with Crippen molar-refractivity contribution < 1.29 is 13.2 Å². The van der Waals surface area contributed by atoms with Crippen LogP contribution in [-0.4, -0.2) is 69.1 Å². The second kappa shape index (κ2) is 10.7. The Morgan fingerprint density at radius 1 is 1.08 bits per heavy atom. The normalized spacial score (nSPS) is 21.1. The number of carbonyl (C=O) groups excluding carboxylic acids is 1. The van der Waals surface area contributed by atoms with E-state index in [0.717, 1.165) is 38.9 Å². The molecule has 0 saturated carbocycles. The summed E-state index contributed by atoms with van der Waals surface area (Å²) in [5, 5.41) is 3.21. The van der Waals surface area contributed by atoms with Crippen molar-refractivity contribution in [3.05, 3.63) is 0 Å². The van der Waals surface area contributed by atoms with Gasteiger partial charge in [-0.1, -0.05) is 13.3 Å². The van der Waals surface area contributed by atoms with Gasteiger partial charge in [0, 0.05) is 32.1 Å². The average Bonchev–Trinajstić information content (AvgIpc) is 2.60. The van der Waals surface area contributed by atoms with Crippen molar-refractivity contribution in [2.75, 3.05) is 45.5 Å². The Bertz CT molecular complexity index is 499. The van der Waals surface area contributed by atoms with Crippen LogP contribution in [0.2, 0.25) is 0 Å². The molecule has 2 saturated heterocycles. The predicted octanol–water partition coefficient (Wildman–Crippen LogP) is 1.71. The van der Waals surface area contributed by atoms with E-state index in [9.17, 15) is 13.2 Å². The molecule has 25 heavy (non-hydrogen) atoms. The van der Waals surface area contributed by atoms with E-state index in [2.05, 4.69) is 5.32 Å². The molecule has 0 radical (unpaired) electrons. The average molecular weight is 396 g/mol. The quantitative estimate of drug-likeness (QED) is 0.712. The summed E-state index contributed by atoms with van der Waals surface area (Å²) in [6, 6.07) is 0. The lowest BCUT2D eigenvalue weighted by atomic mass is 9.92. The molecule has 2 aliphatic rings. The second-order valence-corrected chi connectivity index (χ2v) is 9.26. The highest BCUT2D eigenvalue weighted by molar-refractivity contribution is 7.89. The standard InChI is InChI=1S/C17H33N3O3S.ClH/c1-3-4-13-24(22,23)20-11-7-16(8-12-20)17(21)19-9-5-15(6-10-19)14-18-2;/h15-16,18H,3-14H2,1-2H3;1H. The smallest absolute Gasteiger partial charge is 0.225 e. The number of rotatable bonds is 7. The van der Waals surface area contributed by atoms with E-state index >= 15 is 0 Å². The summed E-state index contributed by atoms with van der Waals surface area (Å²) in [7, 11) is -1.16. The van der Waals surface area contributed by atoms with Crippen LogP contribution in [0.3, 0.4) is 0 Å². The van der Waals surface area contributed by atoms with Crippen LogP contribution in [0.1, 0.15) is 45.4 Å². The van der Waals surface area contributed by atoms with Crippen LogP contribution >= 0.6 is 12.4 Å². The molecule has 6 nitrogen and oxygen atoms in total. The van der Waals surface area contributed by atoms with E-state index in [1.807, 2.05) is 18.9 Å². The molecule has 0 aromatic heterocycles. The Balaban J connectivity index is 0.00000312. The van der Waals surface area contributed by atoms with Crippen LogP contribution in [0.25, 0.3) is 0 Å². The Morgan fingerprint density at radius 3 is 2.20 bits per heavy atom. The summed E-state index contributed by atoms with van der Waals surface area (Å²) >= 11 is 0. The molecule has 0 aromatic rings. The highest BCUT2D eigenvalue weighted by Crippen LogP contribution is 2.25. The van der Waals surface area contributed by atoms with Gasteiger partial charge in [0.2, 0.25) is 15.9 Å². The third-order valence-electron chi connectivity index (χ3n) is 5.37. The number of carbonyl (C=O) groups is 1. The Labute approximate surface area is 159 Å². The lowest BCUT2D eigenvalue weighted by Crippen LogP contribution is -2.47. The summed E-state index contributed by atoms with van der Waals surface area (Å²) < 4.78 is 26.1. The maximum absolute atomic E-state index is 12.7. The molecular formula is C17H34ClN3O3S. The number of halogens is 1. The van der Waals surface area contributed by atoms with Gasteiger partial charge in [-0.05, 0) is 51.6 Å². The summed E-state index contributed by atoms with van der Waals surface area (Å²) in [5.41, 5.74) is 0. The van der Waals surface area contributed by atoms with E-state index in [0.29, 0.717) is 38.3 Å². The van der Waals surface area contributed by atoms with Crippen molar-refractivity contribution in [1.82, 2.24) is 14.5 Å². The number of nitrogens with zero attached hydrogens (tertiary/aromatic N) is 2. The first-order valence-corrected chi connectivity index (χ1v) is 11.0. The molecule has 148 valence electrons. The minimum atomic E-state index is -3.13. The first-order valence-electron chi connectivity index (χ1n) is 9.39. The highest BCUT2D eigenvalue weighted by atomic mass is 35.5. The number of hydrogen-bond donors (Lipinski definition) is 1. The molecule has 2 aliphatic heterocycles. The predicted molar refractivity (Wildman–Crippen MR) is 103 cm³/mol. The number of piperidine rings is 2. The van der Waals surface area contributed by atoms with Crippen LogP contribution in [0.15, 0.2) is 0 Å². The molecule has 2 heterocycles. The molecule has 0 atom stereocenters. The first kappa shape index (κ1) is 22.7. The van der Waals surface area contributed by atoms with Crippen molar-refractivity contribution in [2.24, 2.45) is 11.8 Å². The van der Waals surface area contributed by atoms with E-state index in [1.54, 1.807) is 4.31 Å². The Hall–Kier alpha value is -0.370. The Kier molecular flexibility index (Phi) is 9.70. The molecule has 0 aromatic carbocycles. The zero-order valence-corrected chi connectivity index (χ0v) is 17.2. The van der Waals surface area contributed by atoms with Gasteiger partial charge < -0.3 is 10.2 Å². The molecule has 0 spiro atoms. The van der Waals surface area contributed by atoms with E-state index < -0.39 is 10.0 Å². The third-order valence-corrected chi connectivity index (χ3v) is 7.33. The van der Waals surface area contributed by atoms with E-state index in [-0.39, 0.29) is 30.0 Å². The van der Waals surface area contributed by atoms with Gasteiger partial charge in [0.15, 0.2) is 0 Å². The minimum Gasteiger partial charge on any atom is -0.342 e. The van der Waals surface area contributed by atoms with Crippen molar-refractivity contribution in [1.29, 1.82) is 0 Å². The minimum absolute atomic E-state index is 0. The van der Waals surface area contributed by atoms with Crippen molar-refractivity contribution in [3.8, 4) is 0 Å². The van der Waals surface area contributed by atoms with Gasteiger partial charge in [-0.15, -0.1) is 12.4 Å². The molecular weight excluding hydrogens is 362 g/mol. The van der Waals surface area contributed by atoms with Crippen LogP contribution in [0.4, 0.5) is 0 Å². The number of nitrogens with one attached hydrogen (secondary N) is 1. The maximum atomic E-state index is 12.7. The summed E-state index contributed by atoms with van der Waals surface area (Å²) in [4.78, 5) is 14.7. The van der Waals surface area contributed by atoms with Crippen LogP contribution in [0, 0.1) is 11.8 Å². The molecule has 0 aliphatic carbocycles. The number of unbranched alkanes of at least 4 members (excludes halogenated alkanes) is 1. The number of sulfonamides is 1. The summed E-state index contributed by atoms with van der Waals surface area (Å²) in [6.45, 7) is 5.72. The molecule has 2 fully saturated rings. The molecule has 2 rings (SSSR count). The second-order valence-electron chi connectivity index (χ2n) is 7.17. The van der Waals surface area contributed by atoms with Crippen LogP contribution in [0.5, 0.6) is 0 Å². The van der Waals surface area contributed by atoms with Gasteiger partial charge in [0.1, 0.15) is 0 Å². The topological polar surface area (TPSA) is 69.7 Å². The van der Waals surface area contributed by atoms with Crippen LogP contribution < -0.4 is 5.32 Å². The van der Waals surface area contributed by atoms with Gasteiger partial charge >= 0.3 is 0 Å². The van der Waals surface area contributed by atoms with Gasteiger partial charge in [0.25, 0.3) is 0 Å². The SMILES string of the molecule is CCCCS(=O)(=O)N1CCC(C(=O)N2CCC(CNC)CC2)CC1.Cl. The first-order chi connectivity index (χ1) is 11.5. The molecule has 1 amide bonds. The van der Waals surface area contributed by atoms with Gasteiger partial charge in [-0.25, -0.2) is 12.7 Å². The molecule has 8 heteroatoms. The lowest BCUT2D eigenvalue weighted by Gasteiger charge is -2.37. The fraction of sp³-hybridized carbons (Fsp3) is 0.941. The fourth-order valence-corrected chi connectivity index (χ4v) is 5.42. The van der Waals surface area contributed by atoms with E-state index in [1.165, 1.54) is 0 Å². The zero-order valence-electron chi connectivity index (χ0n) is 15.6. The van der Waals surface area contributed by atoms with E-state index in [4.69, 9.17) is 0 Å². The van der Waals surface area contributed by atoms with Gasteiger partial charge in [0.05, 0.1) is 5.75 Å². The highest BCUT2D eigenvalue weighted by Gasteiger charge is 2.33. The van der Waals surface area contributed by atoms with Crippen LogP contribution in [-0.2, 0) is 14.8 Å². The fourth-order valence-electron chi connectivity index (χ4n) is 3.74.